The van der Waals surface area contributed by atoms with E-state index in [1.165, 1.54) is 22.3 Å². The molecule has 0 radical (unpaired) electrons. The molecule has 0 amide bonds. The molecule has 188 valence electrons. The average Bonchev–Trinajstić information content (AvgIpc) is 3.44. The summed E-state index contributed by atoms with van der Waals surface area (Å²) in [6, 6.07) is 6.72. The van der Waals surface area contributed by atoms with Gasteiger partial charge in [-0.2, -0.15) is 0 Å². The minimum absolute atomic E-state index is 0.00838. The molecule has 1 aromatic carbocycles. The molecule has 3 nitrogen and oxygen atoms in total. The smallest absolute Gasteiger partial charge is 0.187 e. The van der Waals surface area contributed by atoms with Crippen LogP contribution in [-0.2, 0) is 21.3 Å². The molecule has 2 aliphatic carbocycles. The van der Waals surface area contributed by atoms with Gasteiger partial charge in [0.05, 0.1) is 11.5 Å². The Morgan fingerprint density at radius 2 is 1.59 bits per heavy atom. The fourth-order valence-electron chi connectivity index (χ4n) is 5.43. The van der Waals surface area contributed by atoms with E-state index in [0.717, 1.165) is 41.9 Å². The van der Waals surface area contributed by atoms with Gasteiger partial charge in [-0.15, -0.1) is 0 Å². The van der Waals surface area contributed by atoms with Crippen molar-refractivity contribution in [2.24, 2.45) is 16.7 Å². The summed E-state index contributed by atoms with van der Waals surface area (Å²) < 4.78 is 12.9. The van der Waals surface area contributed by atoms with Crippen LogP contribution in [0.1, 0.15) is 83.8 Å². The second-order valence-corrected chi connectivity index (χ2v) is 13.8. The third-order valence-electron chi connectivity index (χ3n) is 7.54. The highest BCUT2D eigenvalue weighted by atomic mass is 79.9. The molecule has 3 aliphatic rings. The number of rotatable bonds is 7. The van der Waals surface area contributed by atoms with Crippen molar-refractivity contribution in [3.05, 3.63) is 58.2 Å². The molecule has 4 rings (SSSR count). The first-order chi connectivity index (χ1) is 15.9. The fraction of sp³-hybridized carbons (Fsp3) is 0.655. The predicted octanol–water partition coefficient (Wildman–Crippen LogP) is 7.75. The summed E-state index contributed by atoms with van der Waals surface area (Å²) in [4.78, 5) is 0. The molecule has 1 aromatic rings. The SMILES string of the molecule is CC(C)(C)C1=CC23C(O)OC(c4cc(CCCBr)cc(C(C)(C)C)c4)OC2C3C(CCCBr)=C1. The standard InChI is InChI=1S/C29H40Br2O3/c1-27(2,3)21-14-18(9-7-11-30)13-20(16-21)25-33-24-23-19(10-8-12-31)15-22(28(4,5)6)17-29(23,24)26(32)34-25/h13-17,23-26,32H,7-12H2,1-6H3. The summed E-state index contributed by atoms with van der Waals surface area (Å²) in [5.74, 6) is 0.191. The summed E-state index contributed by atoms with van der Waals surface area (Å²) in [6.07, 6.45) is 7.32. The van der Waals surface area contributed by atoms with Crippen molar-refractivity contribution in [1.29, 1.82) is 0 Å². The predicted molar refractivity (Wildman–Crippen MR) is 147 cm³/mol. The highest BCUT2D eigenvalue weighted by Crippen LogP contribution is 2.69. The van der Waals surface area contributed by atoms with Gasteiger partial charge in [-0.3, -0.25) is 0 Å². The first-order valence-electron chi connectivity index (χ1n) is 12.6. The van der Waals surface area contributed by atoms with E-state index in [9.17, 15) is 5.11 Å². The van der Waals surface area contributed by atoms with Gasteiger partial charge in [0.1, 0.15) is 0 Å². The lowest BCUT2D eigenvalue weighted by Crippen LogP contribution is -2.37. The molecule has 1 N–H and O–H groups in total. The maximum atomic E-state index is 11.4. The zero-order chi connectivity index (χ0) is 24.9. The Bertz CT molecular complexity index is 969. The van der Waals surface area contributed by atoms with Gasteiger partial charge in [0, 0.05) is 22.1 Å². The van der Waals surface area contributed by atoms with Gasteiger partial charge in [-0.1, -0.05) is 109 Å². The Balaban J connectivity index is 1.66. The maximum Gasteiger partial charge on any atom is 0.187 e. The van der Waals surface area contributed by atoms with Crippen LogP contribution in [0.5, 0.6) is 0 Å². The van der Waals surface area contributed by atoms with Crippen LogP contribution in [0.3, 0.4) is 0 Å². The molecule has 1 saturated heterocycles. The molecule has 2 fully saturated rings. The van der Waals surface area contributed by atoms with E-state index in [1.54, 1.807) is 0 Å². The number of aryl methyl sites for hydroxylation is 1. The zero-order valence-electron chi connectivity index (χ0n) is 21.5. The zero-order valence-corrected chi connectivity index (χ0v) is 24.6. The summed E-state index contributed by atoms with van der Waals surface area (Å²) in [6.45, 7) is 13.4. The van der Waals surface area contributed by atoms with Gasteiger partial charge >= 0.3 is 0 Å². The van der Waals surface area contributed by atoms with Crippen LogP contribution >= 0.6 is 31.9 Å². The summed E-state index contributed by atoms with van der Waals surface area (Å²) in [5, 5.41) is 13.4. The van der Waals surface area contributed by atoms with E-state index in [4.69, 9.17) is 9.47 Å². The minimum atomic E-state index is -0.879. The largest absolute Gasteiger partial charge is 0.367 e. The van der Waals surface area contributed by atoms with Crippen LogP contribution in [0.2, 0.25) is 0 Å². The molecule has 1 spiro atoms. The molecule has 0 aromatic heterocycles. The molecular formula is C29H40Br2O3. The van der Waals surface area contributed by atoms with Crippen molar-refractivity contribution in [3.8, 4) is 0 Å². The fourth-order valence-corrected chi connectivity index (χ4v) is 5.99. The van der Waals surface area contributed by atoms with E-state index in [1.807, 2.05) is 0 Å². The number of fused-ring (bicyclic) bond motifs is 1. The molecule has 0 bridgehead atoms. The number of aliphatic hydroxyl groups is 1. The first-order valence-corrected chi connectivity index (χ1v) is 14.8. The highest BCUT2D eigenvalue weighted by Gasteiger charge is 2.74. The van der Waals surface area contributed by atoms with Crippen molar-refractivity contribution < 1.29 is 14.6 Å². The Hall–Kier alpha value is -0.460. The van der Waals surface area contributed by atoms with Gasteiger partial charge < -0.3 is 14.6 Å². The number of allylic oxidation sites excluding steroid dienone is 2. The molecule has 5 unspecified atom stereocenters. The van der Waals surface area contributed by atoms with Crippen LogP contribution in [0, 0.1) is 16.7 Å². The van der Waals surface area contributed by atoms with Crippen LogP contribution in [-0.4, -0.2) is 28.2 Å². The lowest BCUT2D eigenvalue weighted by Gasteiger charge is -2.35. The topological polar surface area (TPSA) is 38.7 Å². The molecular weight excluding hydrogens is 556 g/mol. The molecule has 1 saturated carbocycles. The number of benzene rings is 1. The van der Waals surface area contributed by atoms with Crippen molar-refractivity contribution >= 4 is 31.9 Å². The minimum Gasteiger partial charge on any atom is -0.367 e. The van der Waals surface area contributed by atoms with E-state index in [-0.39, 0.29) is 22.9 Å². The quantitative estimate of drug-likeness (QED) is 0.328. The molecule has 1 heterocycles. The van der Waals surface area contributed by atoms with Gasteiger partial charge in [0.25, 0.3) is 0 Å². The second-order valence-electron chi connectivity index (χ2n) is 12.2. The number of alkyl halides is 2. The van der Waals surface area contributed by atoms with Gasteiger partial charge in [-0.05, 0) is 53.2 Å². The Kier molecular flexibility index (Phi) is 7.65. The Morgan fingerprint density at radius 3 is 2.21 bits per heavy atom. The monoisotopic (exact) mass is 594 g/mol. The van der Waals surface area contributed by atoms with Crippen molar-refractivity contribution in [1.82, 2.24) is 0 Å². The molecule has 1 aliphatic heterocycles. The van der Waals surface area contributed by atoms with Crippen LogP contribution < -0.4 is 0 Å². The number of aliphatic hydroxyl groups excluding tert-OH is 1. The maximum absolute atomic E-state index is 11.4. The molecule has 5 atom stereocenters. The number of hydrogen-bond acceptors (Lipinski definition) is 3. The number of halogens is 2. The van der Waals surface area contributed by atoms with Crippen LogP contribution in [0.15, 0.2) is 41.5 Å². The van der Waals surface area contributed by atoms with Crippen LogP contribution in [0.25, 0.3) is 0 Å². The van der Waals surface area contributed by atoms with Gasteiger partial charge in [-0.25, -0.2) is 0 Å². The summed E-state index contributed by atoms with van der Waals surface area (Å²) in [7, 11) is 0. The lowest BCUT2D eigenvalue weighted by molar-refractivity contribution is -0.293. The number of hydrogen-bond donors (Lipinski definition) is 1. The van der Waals surface area contributed by atoms with Crippen molar-refractivity contribution in [2.45, 2.75) is 91.3 Å². The molecule has 5 heteroatoms. The second kappa shape index (κ2) is 9.78. The molecule has 34 heavy (non-hydrogen) atoms. The van der Waals surface area contributed by atoms with E-state index in [0.29, 0.717) is 0 Å². The van der Waals surface area contributed by atoms with E-state index < -0.39 is 18.0 Å². The van der Waals surface area contributed by atoms with Gasteiger partial charge in [0.2, 0.25) is 0 Å². The van der Waals surface area contributed by atoms with Gasteiger partial charge in [0.15, 0.2) is 12.6 Å². The average molecular weight is 596 g/mol. The van der Waals surface area contributed by atoms with Crippen molar-refractivity contribution in [3.63, 3.8) is 0 Å². The van der Waals surface area contributed by atoms with E-state index in [2.05, 4.69) is 104 Å². The third-order valence-corrected chi connectivity index (χ3v) is 8.66. The highest BCUT2D eigenvalue weighted by molar-refractivity contribution is 9.09. The van der Waals surface area contributed by atoms with E-state index >= 15 is 0 Å². The van der Waals surface area contributed by atoms with Crippen molar-refractivity contribution in [2.75, 3.05) is 10.7 Å². The Morgan fingerprint density at radius 1 is 0.912 bits per heavy atom. The Labute approximate surface area is 222 Å². The first kappa shape index (κ1) is 26.6. The summed E-state index contributed by atoms with van der Waals surface area (Å²) in [5.41, 5.74) is 5.82. The third kappa shape index (κ3) is 5.02. The summed E-state index contributed by atoms with van der Waals surface area (Å²) >= 11 is 7.15. The number of ether oxygens (including phenoxy) is 2. The normalized spacial score (nSPS) is 30.9. The lowest BCUT2D eigenvalue weighted by atomic mass is 9.77. The van der Waals surface area contributed by atoms with Crippen LogP contribution in [0.4, 0.5) is 0 Å².